The Morgan fingerprint density at radius 3 is 2.29 bits per heavy atom. The van der Waals surface area contributed by atoms with Gasteiger partial charge in [0.2, 0.25) is 0 Å². The lowest BCUT2D eigenvalue weighted by Gasteiger charge is -2.36. The standard InChI is InChI=1S/C10H17NO2.ClH/c1-9(2)6-3-4-10(9,8(12)13)7(11)5-6;/h6-7H,3-5,11H2,1-2H3,(H,12,13);1H. The summed E-state index contributed by atoms with van der Waals surface area (Å²) in [5.41, 5.74) is 5.20. The quantitative estimate of drug-likeness (QED) is 0.705. The third-order valence-electron chi connectivity index (χ3n) is 4.61. The number of hydrogen-bond acceptors (Lipinski definition) is 2. The van der Waals surface area contributed by atoms with Crippen LogP contribution in [-0.2, 0) is 4.79 Å². The molecule has 2 fully saturated rings. The highest BCUT2D eigenvalue weighted by Gasteiger charge is 2.67. The topological polar surface area (TPSA) is 63.3 Å². The molecule has 3 N–H and O–H groups in total. The lowest BCUT2D eigenvalue weighted by molar-refractivity contribution is -0.154. The summed E-state index contributed by atoms with van der Waals surface area (Å²) >= 11 is 0. The zero-order valence-electron chi connectivity index (χ0n) is 8.62. The minimum atomic E-state index is -0.690. The molecule has 4 heteroatoms. The van der Waals surface area contributed by atoms with Crippen molar-refractivity contribution in [1.82, 2.24) is 0 Å². The molecule has 3 unspecified atom stereocenters. The van der Waals surface area contributed by atoms with Crippen molar-refractivity contribution in [3.63, 3.8) is 0 Å². The molecule has 0 aromatic carbocycles. The van der Waals surface area contributed by atoms with Gasteiger partial charge in [0.15, 0.2) is 0 Å². The summed E-state index contributed by atoms with van der Waals surface area (Å²) in [5.74, 6) is -0.177. The van der Waals surface area contributed by atoms with Crippen molar-refractivity contribution in [2.75, 3.05) is 0 Å². The molecule has 2 aliphatic carbocycles. The van der Waals surface area contributed by atoms with Gasteiger partial charge in [0.05, 0.1) is 5.41 Å². The summed E-state index contributed by atoms with van der Waals surface area (Å²) in [6.07, 6.45) is 2.69. The lowest BCUT2D eigenvalue weighted by atomic mass is 9.68. The normalized spacial score (nSPS) is 43.4. The Balaban J connectivity index is 0.000000980. The van der Waals surface area contributed by atoms with Crippen molar-refractivity contribution in [3.05, 3.63) is 0 Å². The van der Waals surface area contributed by atoms with Crippen LogP contribution in [0, 0.1) is 16.7 Å². The maximum atomic E-state index is 11.3. The van der Waals surface area contributed by atoms with Gasteiger partial charge in [-0.05, 0) is 30.6 Å². The molecule has 82 valence electrons. The predicted octanol–water partition coefficient (Wildman–Crippen LogP) is 1.65. The summed E-state index contributed by atoms with van der Waals surface area (Å²) in [6.45, 7) is 4.12. The predicted molar refractivity (Wildman–Crippen MR) is 56.4 cm³/mol. The first-order valence-electron chi connectivity index (χ1n) is 4.92. The van der Waals surface area contributed by atoms with Crippen LogP contribution in [0.3, 0.4) is 0 Å². The van der Waals surface area contributed by atoms with Crippen LogP contribution in [0.4, 0.5) is 0 Å². The Labute approximate surface area is 90.5 Å². The van der Waals surface area contributed by atoms with Gasteiger partial charge in [-0.15, -0.1) is 12.4 Å². The number of fused-ring (bicyclic) bond motifs is 2. The van der Waals surface area contributed by atoms with Gasteiger partial charge in [-0.2, -0.15) is 0 Å². The maximum absolute atomic E-state index is 11.3. The number of nitrogens with two attached hydrogens (primary N) is 1. The fraction of sp³-hybridized carbons (Fsp3) is 0.900. The van der Waals surface area contributed by atoms with Gasteiger partial charge in [-0.3, -0.25) is 4.79 Å². The molecule has 0 aromatic rings. The minimum absolute atomic E-state index is 0. The van der Waals surface area contributed by atoms with Gasteiger partial charge in [-0.25, -0.2) is 0 Å². The van der Waals surface area contributed by atoms with E-state index in [-0.39, 0.29) is 23.9 Å². The van der Waals surface area contributed by atoms with E-state index < -0.39 is 11.4 Å². The zero-order chi connectivity index (χ0) is 9.85. The molecule has 3 atom stereocenters. The van der Waals surface area contributed by atoms with Crippen molar-refractivity contribution in [1.29, 1.82) is 0 Å². The number of halogens is 1. The lowest BCUT2D eigenvalue weighted by Crippen LogP contribution is -2.49. The smallest absolute Gasteiger partial charge is 0.311 e. The Kier molecular flexibility index (Phi) is 2.62. The molecular formula is C10H18ClNO2. The molecule has 3 nitrogen and oxygen atoms in total. The van der Waals surface area contributed by atoms with Crippen LogP contribution in [0.2, 0.25) is 0 Å². The van der Waals surface area contributed by atoms with E-state index in [2.05, 4.69) is 13.8 Å². The number of rotatable bonds is 1. The van der Waals surface area contributed by atoms with Crippen LogP contribution in [0.1, 0.15) is 33.1 Å². The number of hydrogen-bond donors (Lipinski definition) is 2. The number of carboxylic acids is 1. The van der Waals surface area contributed by atoms with E-state index in [9.17, 15) is 9.90 Å². The summed E-state index contributed by atoms with van der Waals surface area (Å²) in [7, 11) is 0. The third-order valence-corrected chi connectivity index (χ3v) is 4.61. The first kappa shape index (κ1) is 11.8. The van der Waals surface area contributed by atoms with Crippen molar-refractivity contribution >= 4 is 18.4 Å². The first-order chi connectivity index (χ1) is 5.93. The molecule has 0 spiro atoms. The second-order valence-electron chi connectivity index (χ2n) is 5.08. The second kappa shape index (κ2) is 3.11. The molecular weight excluding hydrogens is 202 g/mol. The van der Waals surface area contributed by atoms with Gasteiger partial charge in [-0.1, -0.05) is 13.8 Å². The SMILES string of the molecule is CC1(C)C2CCC1(C(=O)O)C(N)C2.Cl. The van der Waals surface area contributed by atoms with Gasteiger partial charge < -0.3 is 10.8 Å². The Morgan fingerprint density at radius 1 is 1.50 bits per heavy atom. The molecule has 0 amide bonds. The molecule has 0 aromatic heterocycles. The van der Waals surface area contributed by atoms with Crippen molar-refractivity contribution in [2.45, 2.75) is 39.2 Å². The van der Waals surface area contributed by atoms with Crippen molar-refractivity contribution < 1.29 is 9.90 Å². The molecule has 2 bridgehead atoms. The van der Waals surface area contributed by atoms with Gasteiger partial charge >= 0.3 is 5.97 Å². The number of carbonyl (C=O) groups is 1. The van der Waals surface area contributed by atoms with Crippen LogP contribution in [0.15, 0.2) is 0 Å². The molecule has 0 aliphatic heterocycles. The zero-order valence-corrected chi connectivity index (χ0v) is 9.43. The summed E-state index contributed by atoms with van der Waals surface area (Å²) in [6, 6.07) is -0.140. The van der Waals surface area contributed by atoms with Crippen LogP contribution in [0.25, 0.3) is 0 Å². The average molecular weight is 220 g/mol. The molecule has 2 aliphatic rings. The highest BCUT2D eigenvalue weighted by atomic mass is 35.5. The minimum Gasteiger partial charge on any atom is -0.481 e. The molecule has 14 heavy (non-hydrogen) atoms. The van der Waals surface area contributed by atoms with Crippen LogP contribution < -0.4 is 5.73 Å². The van der Waals surface area contributed by atoms with Crippen molar-refractivity contribution in [3.8, 4) is 0 Å². The Hall–Kier alpha value is -0.280. The molecule has 2 saturated carbocycles. The van der Waals surface area contributed by atoms with E-state index in [4.69, 9.17) is 5.73 Å². The maximum Gasteiger partial charge on any atom is 0.311 e. The fourth-order valence-corrected chi connectivity index (χ4v) is 3.57. The molecule has 0 heterocycles. The summed E-state index contributed by atoms with van der Waals surface area (Å²) in [5, 5.41) is 9.32. The van der Waals surface area contributed by atoms with Crippen LogP contribution >= 0.6 is 12.4 Å². The highest BCUT2D eigenvalue weighted by Crippen LogP contribution is 2.65. The van der Waals surface area contributed by atoms with Gasteiger partial charge in [0, 0.05) is 6.04 Å². The van der Waals surface area contributed by atoms with Crippen LogP contribution in [0.5, 0.6) is 0 Å². The third kappa shape index (κ3) is 0.999. The summed E-state index contributed by atoms with van der Waals surface area (Å²) < 4.78 is 0. The molecule has 2 rings (SSSR count). The number of carboxylic acid groups (broad SMARTS) is 1. The Bertz CT molecular complexity index is 267. The van der Waals surface area contributed by atoms with E-state index in [1.807, 2.05) is 0 Å². The largest absolute Gasteiger partial charge is 0.481 e. The van der Waals surface area contributed by atoms with Crippen molar-refractivity contribution in [2.24, 2.45) is 22.5 Å². The number of aliphatic carboxylic acids is 1. The average Bonchev–Trinajstić information content (AvgIpc) is 2.35. The van der Waals surface area contributed by atoms with E-state index in [1.165, 1.54) is 0 Å². The second-order valence-corrected chi connectivity index (χ2v) is 5.08. The fourth-order valence-electron chi connectivity index (χ4n) is 3.57. The van der Waals surface area contributed by atoms with E-state index >= 15 is 0 Å². The van der Waals surface area contributed by atoms with Gasteiger partial charge in [0.25, 0.3) is 0 Å². The van der Waals surface area contributed by atoms with E-state index in [0.29, 0.717) is 5.92 Å². The monoisotopic (exact) mass is 219 g/mol. The molecule has 0 radical (unpaired) electrons. The first-order valence-corrected chi connectivity index (χ1v) is 4.92. The van der Waals surface area contributed by atoms with Gasteiger partial charge in [0.1, 0.15) is 0 Å². The molecule has 0 saturated heterocycles. The highest BCUT2D eigenvalue weighted by molar-refractivity contribution is 5.85. The summed E-state index contributed by atoms with van der Waals surface area (Å²) in [4.78, 5) is 11.3. The van der Waals surface area contributed by atoms with Crippen LogP contribution in [-0.4, -0.2) is 17.1 Å². The van der Waals surface area contributed by atoms with E-state index in [0.717, 1.165) is 19.3 Å². The Morgan fingerprint density at radius 2 is 2.07 bits per heavy atom. The van der Waals surface area contributed by atoms with E-state index in [1.54, 1.807) is 0 Å².